The Morgan fingerprint density at radius 3 is 2.94 bits per heavy atom. The third kappa shape index (κ3) is 1.67. The van der Waals surface area contributed by atoms with E-state index in [1.807, 2.05) is 6.08 Å². The molecule has 0 heterocycles. The van der Waals surface area contributed by atoms with Crippen molar-refractivity contribution in [1.82, 2.24) is 0 Å². The average Bonchev–Trinajstić information content (AvgIpc) is 2.67. The summed E-state index contributed by atoms with van der Waals surface area (Å²) in [7, 11) is 0. The minimum absolute atomic E-state index is 0.887. The summed E-state index contributed by atoms with van der Waals surface area (Å²) in [6.45, 7) is 5.94. The van der Waals surface area contributed by atoms with Gasteiger partial charge >= 0.3 is 0 Å². The van der Waals surface area contributed by atoms with E-state index >= 15 is 0 Å². The fourth-order valence-corrected chi connectivity index (χ4v) is 2.43. The number of rotatable bonds is 2. The number of allylic oxidation sites excluding steroid dienone is 3. The molecule has 0 amide bonds. The Hall–Kier alpha value is -1.81. The second-order valence-corrected chi connectivity index (χ2v) is 4.19. The molecular weight excluding hydrogens is 194 g/mol. The number of nitriles is 1. The van der Waals surface area contributed by atoms with E-state index in [4.69, 9.17) is 5.26 Å². The summed E-state index contributed by atoms with van der Waals surface area (Å²) in [5.74, 6) is 0. The van der Waals surface area contributed by atoms with Gasteiger partial charge < -0.3 is 0 Å². The van der Waals surface area contributed by atoms with E-state index in [2.05, 4.69) is 31.7 Å². The molecule has 0 aromatic heterocycles. The molecule has 2 rings (SSSR count). The molecule has 1 aromatic rings. The molecule has 0 aliphatic heterocycles. The molecule has 16 heavy (non-hydrogen) atoms. The van der Waals surface area contributed by atoms with Crippen LogP contribution in [0.4, 0.5) is 0 Å². The molecule has 0 atom stereocenters. The molecule has 1 aliphatic rings. The molecule has 1 heteroatoms. The van der Waals surface area contributed by atoms with Crippen molar-refractivity contribution in [3.05, 3.63) is 53.1 Å². The molecule has 0 saturated carbocycles. The van der Waals surface area contributed by atoms with Gasteiger partial charge in [0, 0.05) is 6.08 Å². The monoisotopic (exact) mass is 209 g/mol. The van der Waals surface area contributed by atoms with E-state index in [9.17, 15) is 0 Å². The molecular formula is C15H15N. The first-order chi connectivity index (χ1) is 7.77. The molecule has 80 valence electrons. The Balaban J connectivity index is 2.62. The van der Waals surface area contributed by atoms with Gasteiger partial charge in [-0.15, -0.1) is 6.58 Å². The number of nitrogens with zero attached hydrogens (tertiary/aromatic N) is 1. The van der Waals surface area contributed by atoms with Crippen LogP contribution < -0.4 is 0 Å². The van der Waals surface area contributed by atoms with E-state index in [1.165, 1.54) is 27.8 Å². The van der Waals surface area contributed by atoms with Crippen molar-refractivity contribution in [2.24, 2.45) is 0 Å². The summed E-state index contributed by atoms with van der Waals surface area (Å²) in [5.41, 5.74) is 6.51. The van der Waals surface area contributed by atoms with Gasteiger partial charge in [0.15, 0.2) is 0 Å². The van der Waals surface area contributed by atoms with Crippen LogP contribution in [0.25, 0.3) is 5.57 Å². The zero-order valence-corrected chi connectivity index (χ0v) is 9.59. The van der Waals surface area contributed by atoms with Crippen molar-refractivity contribution >= 4 is 5.57 Å². The molecule has 1 aromatic carbocycles. The highest BCUT2D eigenvalue weighted by atomic mass is 14.3. The van der Waals surface area contributed by atoms with Crippen LogP contribution in [-0.2, 0) is 12.8 Å². The Labute approximate surface area is 96.7 Å². The van der Waals surface area contributed by atoms with Gasteiger partial charge in [-0.1, -0.05) is 18.2 Å². The van der Waals surface area contributed by atoms with Crippen LogP contribution in [0.2, 0.25) is 0 Å². The van der Waals surface area contributed by atoms with Crippen LogP contribution in [0.15, 0.2) is 30.9 Å². The fraction of sp³-hybridized carbons (Fsp3) is 0.267. The van der Waals surface area contributed by atoms with E-state index in [1.54, 1.807) is 6.08 Å². The minimum atomic E-state index is 0.887. The first kappa shape index (κ1) is 10.7. The summed E-state index contributed by atoms with van der Waals surface area (Å²) in [6, 6.07) is 6.51. The van der Waals surface area contributed by atoms with Crippen LogP contribution in [0.3, 0.4) is 0 Å². The van der Waals surface area contributed by atoms with Crippen molar-refractivity contribution in [3.8, 4) is 6.07 Å². The van der Waals surface area contributed by atoms with Crippen molar-refractivity contribution in [2.75, 3.05) is 0 Å². The van der Waals surface area contributed by atoms with Gasteiger partial charge in [0.25, 0.3) is 0 Å². The number of aryl methyl sites for hydroxylation is 2. The third-order valence-corrected chi connectivity index (χ3v) is 3.21. The van der Waals surface area contributed by atoms with Crippen LogP contribution in [0.5, 0.6) is 0 Å². The number of hydrogen-bond acceptors (Lipinski definition) is 1. The van der Waals surface area contributed by atoms with Gasteiger partial charge in [-0.2, -0.15) is 5.26 Å². The predicted molar refractivity (Wildman–Crippen MR) is 67.0 cm³/mol. The van der Waals surface area contributed by atoms with Gasteiger partial charge in [-0.3, -0.25) is 0 Å². The lowest BCUT2D eigenvalue weighted by Crippen LogP contribution is -1.95. The molecule has 1 nitrogen and oxygen atoms in total. The summed E-state index contributed by atoms with van der Waals surface area (Å²) in [5, 5.41) is 8.80. The second kappa shape index (κ2) is 4.37. The molecule has 0 spiro atoms. The lowest BCUT2D eigenvalue weighted by atomic mass is 9.94. The van der Waals surface area contributed by atoms with Crippen LogP contribution >= 0.6 is 0 Å². The maximum Gasteiger partial charge on any atom is 0.0915 e. The van der Waals surface area contributed by atoms with Gasteiger partial charge in [0.1, 0.15) is 0 Å². The first-order valence-corrected chi connectivity index (χ1v) is 5.59. The normalized spacial score (nSPS) is 15.9. The minimum Gasteiger partial charge on any atom is -0.193 e. The van der Waals surface area contributed by atoms with Gasteiger partial charge in [-0.05, 0) is 54.0 Å². The molecule has 0 radical (unpaired) electrons. The molecule has 0 fully saturated rings. The van der Waals surface area contributed by atoms with Gasteiger partial charge in [0.05, 0.1) is 6.07 Å². The quantitative estimate of drug-likeness (QED) is 0.539. The molecule has 0 unspecified atom stereocenters. The summed E-state index contributed by atoms with van der Waals surface area (Å²) < 4.78 is 0. The maximum absolute atomic E-state index is 8.80. The van der Waals surface area contributed by atoms with Crippen molar-refractivity contribution in [2.45, 2.75) is 26.2 Å². The van der Waals surface area contributed by atoms with Gasteiger partial charge in [0.2, 0.25) is 0 Å². The summed E-state index contributed by atoms with van der Waals surface area (Å²) in [6.07, 6.45) is 6.57. The number of fused-ring (bicyclic) bond motifs is 1. The SMILES string of the molecule is C=CCc1c(C)ccc2c1/C(=C/C#N)CC2. The topological polar surface area (TPSA) is 23.8 Å². The molecule has 0 bridgehead atoms. The zero-order valence-electron chi connectivity index (χ0n) is 9.59. The van der Waals surface area contributed by atoms with Crippen molar-refractivity contribution in [3.63, 3.8) is 0 Å². The van der Waals surface area contributed by atoms with Crippen LogP contribution in [0, 0.1) is 18.3 Å². The van der Waals surface area contributed by atoms with E-state index in [-0.39, 0.29) is 0 Å². The summed E-state index contributed by atoms with van der Waals surface area (Å²) >= 11 is 0. The lowest BCUT2D eigenvalue weighted by molar-refractivity contribution is 1.08. The highest BCUT2D eigenvalue weighted by Crippen LogP contribution is 2.36. The maximum atomic E-state index is 8.80. The van der Waals surface area contributed by atoms with E-state index < -0.39 is 0 Å². The number of benzene rings is 1. The predicted octanol–water partition coefficient (Wildman–Crippen LogP) is 3.58. The average molecular weight is 209 g/mol. The number of hydrogen-bond donors (Lipinski definition) is 0. The Morgan fingerprint density at radius 2 is 2.25 bits per heavy atom. The van der Waals surface area contributed by atoms with Gasteiger partial charge in [-0.25, -0.2) is 0 Å². The first-order valence-electron chi connectivity index (χ1n) is 5.59. The van der Waals surface area contributed by atoms with E-state index in [0.717, 1.165) is 19.3 Å². The standard InChI is InChI=1S/C15H15N/c1-3-4-14-11(2)5-6-12-7-8-13(9-10-16)15(12)14/h3,5-6,9H,1,4,7-8H2,2H3/b13-9+. The molecule has 1 aliphatic carbocycles. The molecule has 0 saturated heterocycles. The van der Waals surface area contributed by atoms with Crippen molar-refractivity contribution < 1.29 is 0 Å². The Morgan fingerprint density at radius 1 is 1.44 bits per heavy atom. The van der Waals surface area contributed by atoms with Crippen molar-refractivity contribution in [1.29, 1.82) is 5.26 Å². The highest BCUT2D eigenvalue weighted by Gasteiger charge is 2.20. The van der Waals surface area contributed by atoms with E-state index in [0.29, 0.717) is 0 Å². The Kier molecular flexibility index (Phi) is 2.92. The highest BCUT2D eigenvalue weighted by molar-refractivity contribution is 5.77. The largest absolute Gasteiger partial charge is 0.193 e. The second-order valence-electron chi connectivity index (χ2n) is 4.19. The zero-order chi connectivity index (χ0) is 11.5. The van der Waals surface area contributed by atoms with Crippen LogP contribution in [-0.4, -0.2) is 0 Å². The van der Waals surface area contributed by atoms with Crippen LogP contribution in [0.1, 0.15) is 28.7 Å². The third-order valence-electron chi connectivity index (χ3n) is 3.21. The smallest absolute Gasteiger partial charge is 0.0915 e. The molecule has 0 N–H and O–H groups in total. The fourth-order valence-electron chi connectivity index (χ4n) is 2.43. The lowest BCUT2D eigenvalue weighted by Gasteiger charge is -2.11. The summed E-state index contributed by atoms with van der Waals surface area (Å²) in [4.78, 5) is 0. The Bertz CT molecular complexity index is 501.